The van der Waals surface area contributed by atoms with Crippen molar-refractivity contribution in [3.05, 3.63) is 216 Å². The van der Waals surface area contributed by atoms with E-state index in [4.69, 9.17) is 0 Å². The van der Waals surface area contributed by atoms with Crippen LogP contribution in [0.2, 0.25) is 0 Å². The molecule has 0 radical (unpaired) electrons. The Balaban J connectivity index is 1.03. The van der Waals surface area contributed by atoms with Gasteiger partial charge in [-0.25, -0.2) is 0 Å². The second-order valence-electron chi connectivity index (χ2n) is 16.0. The Hall–Kier alpha value is -5.12. The van der Waals surface area contributed by atoms with E-state index in [0.29, 0.717) is 23.7 Å². The molecule has 2 aliphatic rings. The highest BCUT2D eigenvalue weighted by atomic mass is 31.1. The summed E-state index contributed by atoms with van der Waals surface area (Å²) in [6, 6.07) is 74.2. The third-order valence-electron chi connectivity index (χ3n) is 13.1. The SMILES string of the molecule is c1ccc(P2C[C@H](c3cccc4ccccc34)[C@@H](c3cccc4ccccc34)C2)c(P2C[C@H](c3cccc4ccccc34)[C@@H](c3cccc4ccccc34)C2)c1. The van der Waals surface area contributed by atoms with Gasteiger partial charge in [-0.15, -0.1) is 0 Å². The summed E-state index contributed by atoms with van der Waals surface area (Å²) in [4.78, 5) is 0. The third kappa shape index (κ3) is 5.89. The summed E-state index contributed by atoms with van der Waals surface area (Å²) in [6.07, 6.45) is 4.93. The van der Waals surface area contributed by atoms with E-state index in [0.717, 1.165) is 0 Å². The van der Waals surface area contributed by atoms with Gasteiger partial charge in [0, 0.05) is 0 Å². The summed E-state index contributed by atoms with van der Waals surface area (Å²) >= 11 is 0. The van der Waals surface area contributed by atoms with Crippen LogP contribution >= 0.6 is 15.8 Å². The van der Waals surface area contributed by atoms with Crippen molar-refractivity contribution in [3.63, 3.8) is 0 Å². The molecule has 56 heavy (non-hydrogen) atoms. The largest absolute Gasteiger partial charge is 0.0733 e. The minimum atomic E-state index is -0.391. The first-order valence-corrected chi connectivity index (χ1v) is 23.7. The molecule has 0 N–H and O–H groups in total. The van der Waals surface area contributed by atoms with Crippen LogP contribution in [-0.2, 0) is 0 Å². The lowest BCUT2D eigenvalue weighted by Gasteiger charge is -2.23. The normalized spacial score (nSPS) is 20.4. The molecule has 2 aliphatic heterocycles. The van der Waals surface area contributed by atoms with Crippen LogP contribution in [0.15, 0.2) is 194 Å². The molecule has 4 atom stereocenters. The summed E-state index contributed by atoms with van der Waals surface area (Å²) in [7, 11) is -0.782. The number of fused-ring (bicyclic) bond motifs is 4. The first-order chi connectivity index (χ1) is 27.8. The average molecular weight is 755 g/mol. The zero-order valence-electron chi connectivity index (χ0n) is 31.5. The molecule has 0 bridgehead atoms. The van der Waals surface area contributed by atoms with E-state index in [9.17, 15) is 0 Å². The van der Waals surface area contributed by atoms with Gasteiger partial charge < -0.3 is 0 Å². The van der Waals surface area contributed by atoms with Crippen LogP contribution < -0.4 is 10.6 Å². The Morgan fingerprint density at radius 3 is 0.768 bits per heavy atom. The fourth-order valence-corrected chi connectivity index (χ4v) is 17.6. The predicted octanol–water partition coefficient (Wildman–Crippen LogP) is 13.7. The lowest BCUT2D eigenvalue weighted by Crippen LogP contribution is -2.23. The van der Waals surface area contributed by atoms with Crippen LogP contribution in [0, 0.1) is 0 Å². The highest BCUT2D eigenvalue weighted by Crippen LogP contribution is 2.61. The third-order valence-corrected chi connectivity index (χ3v) is 18.7. The number of benzene rings is 9. The summed E-state index contributed by atoms with van der Waals surface area (Å²) in [5.41, 5.74) is 6.12. The van der Waals surface area contributed by atoms with E-state index in [2.05, 4.69) is 194 Å². The van der Waals surface area contributed by atoms with Gasteiger partial charge in [0.05, 0.1) is 0 Å². The molecule has 11 rings (SSSR count). The molecule has 0 aliphatic carbocycles. The van der Waals surface area contributed by atoms with Gasteiger partial charge in [0.15, 0.2) is 0 Å². The molecule has 2 heteroatoms. The predicted molar refractivity (Wildman–Crippen MR) is 246 cm³/mol. The van der Waals surface area contributed by atoms with Crippen molar-refractivity contribution >= 4 is 69.5 Å². The van der Waals surface area contributed by atoms with Crippen molar-refractivity contribution in [1.29, 1.82) is 0 Å². The van der Waals surface area contributed by atoms with Crippen molar-refractivity contribution in [3.8, 4) is 0 Å². The topological polar surface area (TPSA) is 0 Å². The van der Waals surface area contributed by atoms with E-state index >= 15 is 0 Å². The van der Waals surface area contributed by atoms with Gasteiger partial charge >= 0.3 is 0 Å². The highest BCUT2D eigenvalue weighted by Gasteiger charge is 2.42. The van der Waals surface area contributed by atoms with E-state index in [1.807, 2.05) is 0 Å². The first kappa shape index (κ1) is 34.2. The zero-order chi connectivity index (χ0) is 37.0. The Morgan fingerprint density at radius 2 is 0.482 bits per heavy atom. The standard InChI is InChI=1S/C54H44P2/c1-5-23-41-37(15-1)19-11-27-45(41)49-33-55(34-50(49)46-28-12-20-38-16-2-6-24-42(38)46)53-31-9-10-32-54(53)56-35-51(47-29-13-21-39-17-3-7-25-43(39)47)52(36-56)48-30-14-22-40-18-4-8-26-44(40)48/h1-32,49-52H,33-36H2/t49-,50-,51-,52-/m1/s1. The van der Waals surface area contributed by atoms with E-state index in [1.165, 1.54) is 90.0 Å². The molecule has 270 valence electrons. The second-order valence-corrected chi connectivity index (χ2v) is 20.6. The molecule has 9 aromatic carbocycles. The molecule has 0 amide bonds. The second kappa shape index (κ2) is 14.4. The van der Waals surface area contributed by atoms with E-state index in [-0.39, 0.29) is 0 Å². The van der Waals surface area contributed by atoms with Crippen molar-refractivity contribution < 1.29 is 0 Å². The quantitative estimate of drug-likeness (QED) is 0.148. The van der Waals surface area contributed by atoms with Gasteiger partial charge in [0.2, 0.25) is 0 Å². The molecule has 0 unspecified atom stereocenters. The maximum Gasteiger partial charge on any atom is -0.00409 e. The van der Waals surface area contributed by atoms with Crippen LogP contribution in [0.1, 0.15) is 45.9 Å². The first-order valence-electron chi connectivity index (χ1n) is 20.3. The van der Waals surface area contributed by atoms with Gasteiger partial charge in [-0.1, -0.05) is 210 Å². The van der Waals surface area contributed by atoms with Crippen molar-refractivity contribution in [2.24, 2.45) is 0 Å². The monoisotopic (exact) mass is 754 g/mol. The lowest BCUT2D eigenvalue weighted by molar-refractivity contribution is 0.675. The fraction of sp³-hybridized carbons (Fsp3) is 0.148. The van der Waals surface area contributed by atoms with Crippen molar-refractivity contribution in [2.75, 3.05) is 24.6 Å². The van der Waals surface area contributed by atoms with Crippen LogP contribution in [-0.4, -0.2) is 24.6 Å². The number of hydrogen-bond donors (Lipinski definition) is 0. The Morgan fingerprint density at radius 1 is 0.250 bits per heavy atom. The maximum atomic E-state index is 2.55. The molecule has 2 heterocycles. The summed E-state index contributed by atoms with van der Waals surface area (Å²) in [5, 5.41) is 14.5. The van der Waals surface area contributed by atoms with Gasteiger partial charge in [-0.05, 0) is 124 Å². The zero-order valence-corrected chi connectivity index (χ0v) is 33.3. The van der Waals surface area contributed by atoms with Crippen LogP contribution in [0.3, 0.4) is 0 Å². The van der Waals surface area contributed by atoms with Gasteiger partial charge in [-0.3, -0.25) is 0 Å². The highest BCUT2D eigenvalue weighted by molar-refractivity contribution is 7.72. The Kier molecular flexibility index (Phi) is 8.80. The molecule has 0 nitrogen and oxygen atoms in total. The van der Waals surface area contributed by atoms with Gasteiger partial charge in [-0.2, -0.15) is 0 Å². The van der Waals surface area contributed by atoms with Crippen molar-refractivity contribution in [1.82, 2.24) is 0 Å². The van der Waals surface area contributed by atoms with Crippen LogP contribution in [0.4, 0.5) is 0 Å². The minimum Gasteiger partial charge on any atom is -0.0733 e. The summed E-state index contributed by atoms with van der Waals surface area (Å²) in [6.45, 7) is 0. The fourth-order valence-electron chi connectivity index (χ4n) is 10.6. The maximum absolute atomic E-state index is 2.55. The van der Waals surface area contributed by atoms with Crippen molar-refractivity contribution in [2.45, 2.75) is 23.7 Å². The molecule has 0 saturated carbocycles. The molecule has 0 aromatic heterocycles. The average Bonchev–Trinajstić information content (AvgIpc) is 3.91. The smallest absolute Gasteiger partial charge is 0.00409 e. The summed E-state index contributed by atoms with van der Waals surface area (Å²) in [5.74, 6) is 1.87. The van der Waals surface area contributed by atoms with Crippen LogP contribution in [0.5, 0.6) is 0 Å². The molecular weight excluding hydrogens is 711 g/mol. The lowest BCUT2D eigenvalue weighted by atomic mass is 9.80. The van der Waals surface area contributed by atoms with E-state index < -0.39 is 15.8 Å². The molecule has 2 saturated heterocycles. The molecule has 0 spiro atoms. The number of hydrogen-bond acceptors (Lipinski definition) is 0. The molecular formula is C54H44P2. The van der Waals surface area contributed by atoms with Crippen LogP contribution in [0.25, 0.3) is 43.1 Å². The summed E-state index contributed by atoms with van der Waals surface area (Å²) < 4.78 is 0. The van der Waals surface area contributed by atoms with E-state index in [1.54, 1.807) is 10.6 Å². The minimum absolute atomic E-state index is 0.391. The molecule has 2 fully saturated rings. The molecule has 9 aromatic rings. The Labute approximate surface area is 332 Å². The van der Waals surface area contributed by atoms with Gasteiger partial charge in [0.25, 0.3) is 0 Å². The van der Waals surface area contributed by atoms with Gasteiger partial charge in [0.1, 0.15) is 0 Å². The number of rotatable bonds is 6. The Bertz CT molecular complexity index is 2500.